The summed E-state index contributed by atoms with van der Waals surface area (Å²) < 4.78 is 6.01. The van der Waals surface area contributed by atoms with Crippen LogP contribution in [-0.4, -0.2) is 28.7 Å². The van der Waals surface area contributed by atoms with Crippen LogP contribution in [0.15, 0.2) is 0 Å². The predicted molar refractivity (Wildman–Crippen MR) is 72.6 cm³/mol. The van der Waals surface area contributed by atoms with Gasteiger partial charge in [-0.05, 0) is 44.4 Å². The largest absolute Gasteiger partial charge is 0.368 e. The minimum atomic E-state index is -0.656. The van der Waals surface area contributed by atoms with Gasteiger partial charge in [-0.1, -0.05) is 13.8 Å². The third-order valence-electron chi connectivity index (χ3n) is 6.66. The molecule has 5 rings (SSSR count). The van der Waals surface area contributed by atoms with Crippen LogP contribution in [0.3, 0.4) is 0 Å². The third-order valence-corrected chi connectivity index (χ3v) is 6.66. The number of ether oxygens (including phenoxy) is 1. The molecule has 0 aromatic rings. The summed E-state index contributed by atoms with van der Waals surface area (Å²) in [5.41, 5.74) is -0.579. The Morgan fingerprint density at radius 3 is 2.65 bits per heavy atom. The summed E-state index contributed by atoms with van der Waals surface area (Å²) in [4.78, 5) is 12.0. The van der Waals surface area contributed by atoms with Crippen LogP contribution in [-0.2, 0) is 14.5 Å². The third kappa shape index (κ3) is 1.57. The van der Waals surface area contributed by atoms with Crippen LogP contribution in [0.5, 0.6) is 0 Å². The van der Waals surface area contributed by atoms with Gasteiger partial charge in [0, 0.05) is 18.3 Å². The Morgan fingerprint density at radius 2 is 1.85 bits per heavy atom. The lowest BCUT2D eigenvalue weighted by Crippen LogP contribution is -2.69. The first-order valence-electron chi connectivity index (χ1n) is 8.17. The van der Waals surface area contributed by atoms with Crippen molar-refractivity contribution in [1.29, 1.82) is 0 Å². The fraction of sp³-hybridized carbons (Fsp3) is 1.00. The topological polar surface area (TPSA) is 47.9 Å². The molecule has 4 nitrogen and oxygen atoms in total. The van der Waals surface area contributed by atoms with Crippen molar-refractivity contribution in [3.8, 4) is 0 Å². The highest BCUT2D eigenvalue weighted by atomic mass is 17.2. The zero-order valence-electron chi connectivity index (χ0n) is 12.7. The Labute approximate surface area is 120 Å². The smallest absolute Gasteiger partial charge is 0.157 e. The van der Waals surface area contributed by atoms with E-state index < -0.39 is 6.29 Å². The fourth-order valence-corrected chi connectivity index (χ4v) is 5.44. The van der Waals surface area contributed by atoms with Crippen LogP contribution in [0.1, 0.15) is 52.9 Å². The Balaban J connectivity index is 1.82. The summed E-state index contributed by atoms with van der Waals surface area (Å²) in [5.74, 6) is 1.60. The predicted octanol–water partition coefficient (Wildman–Crippen LogP) is 2.65. The van der Waals surface area contributed by atoms with E-state index in [-0.39, 0.29) is 23.2 Å². The van der Waals surface area contributed by atoms with Gasteiger partial charge in [0.25, 0.3) is 0 Å². The highest BCUT2D eigenvalue weighted by Gasteiger charge is 2.67. The Morgan fingerprint density at radius 1 is 1.05 bits per heavy atom. The molecule has 3 heterocycles. The normalized spacial score (nSPS) is 61.8. The summed E-state index contributed by atoms with van der Waals surface area (Å²) in [6.07, 6.45) is 4.68. The van der Waals surface area contributed by atoms with Crippen LogP contribution in [0.25, 0.3) is 0 Å². The SMILES string of the molecule is C[C@H]1[C@@H](O)O[C@@H]2C[C@]3(C)CC[C@H]4[C@H](C)CC[C@@H]1[C@@]24OO3. The van der Waals surface area contributed by atoms with E-state index in [1.54, 1.807) is 0 Å². The summed E-state index contributed by atoms with van der Waals surface area (Å²) in [5, 5.41) is 10.3. The molecule has 2 aliphatic carbocycles. The van der Waals surface area contributed by atoms with Gasteiger partial charge in [0.05, 0.1) is 6.10 Å². The average Bonchev–Trinajstić information content (AvgIpc) is 2.63. The molecular weight excluding hydrogens is 256 g/mol. The molecule has 3 aliphatic heterocycles. The van der Waals surface area contributed by atoms with E-state index in [4.69, 9.17) is 14.5 Å². The maximum absolute atomic E-state index is 10.3. The molecule has 0 aromatic carbocycles. The summed E-state index contributed by atoms with van der Waals surface area (Å²) in [7, 11) is 0. The van der Waals surface area contributed by atoms with Crippen molar-refractivity contribution in [3.05, 3.63) is 0 Å². The lowest BCUT2D eigenvalue weighted by molar-refractivity contribution is -0.494. The van der Waals surface area contributed by atoms with E-state index in [2.05, 4.69) is 20.8 Å². The lowest BCUT2D eigenvalue weighted by atomic mass is 9.56. The van der Waals surface area contributed by atoms with Gasteiger partial charge in [-0.2, -0.15) is 0 Å². The van der Waals surface area contributed by atoms with Crippen molar-refractivity contribution in [2.75, 3.05) is 0 Å². The van der Waals surface area contributed by atoms with Gasteiger partial charge in [-0.3, -0.25) is 0 Å². The van der Waals surface area contributed by atoms with Crippen molar-refractivity contribution >= 4 is 0 Å². The van der Waals surface area contributed by atoms with Gasteiger partial charge >= 0.3 is 0 Å². The average molecular weight is 282 g/mol. The molecule has 0 aromatic heterocycles. The molecule has 1 N–H and O–H groups in total. The number of rotatable bonds is 0. The van der Waals surface area contributed by atoms with E-state index in [0.717, 1.165) is 25.7 Å². The summed E-state index contributed by atoms with van der Waals surface area (Å²) >= 11 is 0. The lowest BCUT2D eigenvalue weighted by Gasteiger charge is -2.60. The molecule has 0 amide bonds. The number of aliphatic hydroxyl groups excluding tert-OH is 1. The standard InChI is InChI=1S/C16H26O4/c1-9-4-5-12-10(2)14(17)18-13-8-15(3)7-6-11(9)16(12,13)20-19-15/h9-14,17H,4-8H2,1-3H3/t9-,10-,11+,12+,13-,14+,15+,16-/m1/s1. The zero-order chi connectivity index (χ0) is 14.1. The number of hydrogen-bond donors (Lipinski definition) is 1. The molecule has 4 heteroatoms. The van der Waals surface area contributed by atoms with Gasteiger partial charge in [0.15, 0.2) is 6.29 Å². The second kappa shape index (κ2) is 4.19. The van der Waals surface area contributed by atoms with Crippen LogP contribution < -0.4 is 0 Å². The van der Waals surface area contributed by atoms with Crippen molar-refractivity contribution in [2.24, 2.45) is 23.7 Å². The van der Waals surface area contributed by atoms with E-state index in [1.165, 1.54) is 6.42 Å². The molecule has 2 bridgehead atoms. The molecule has 3 saturated heterocycles. The van der Waals surface area contributed by atoms with Gasteiger partial charge in [-0.15, -0.1) is 0 Å². The molecular formula is C16H26O4. The highest BCUT2D eigenvalue weighted by Crippen LogP contribution is 2.61. The van der Waals surface area contributed by atoms with Gasteiger partial charge in [0.1, 0.15) is 11.2 Å². The zero-order valence-corrected chi connectivity index (χ0v) is 12.7. The quantitative estimate of drug-likeness (QED) is 0.694. The van der Waals surface area contributed by atoms with Crippen LogP contribution >= 0.6 is 0 Å². The molecule has 114 valence electrons. The molecule has 8 atom stereocenters. The Kier molecular flexibility index (Phi) is 2.83. The second-order valence-corrected chi connectivity index (χ2v) is 7.85. The maximum Gasteiger partial charge on any atom is 0.157 e. The van der Waals surface area contributed by atoms with E-state index in [1.807, 2.05) is 0 Å². The number of hydrogen-bond acceptors (Lipinski definition) is 4. The first-order chi connectivity index (χ1) is 9.46. The first-order valence-corrected chi connectivity index (χ1v) is 8.17. The van der Waals surface area contributed by atoms with Gasteiger partial charge in [0.2, 0.25) is 0 Å². The van der Waals surface area contributed by atoms with Crippen LogP contribution in [0, 0.1) is 23.7 Å². The Bertz CT molecular complexity index is 409. The first kappa shape index (κ1) is 13.5. The monoisotopic (exact) mass is 282 g/mol. The minimum Gasteiger partial charge on any atom is -0.368 e. The van der Waals surface area contributed by atoms with Crippen molar-refractivity contribution in [2.45, 2.75) is 76.5 Å². The molecule has 2 saturated carbocycles. The van der Waals surface area contributed by atoms with E-state index in [0.29, 0.717) is 17.8 Å². The fourth-order valence-electron chi connectivity index (χ4n) is 5.44. The van der Waals surface area contributed by atoms with Crippen LogP contribution in [0.4, 0.5) is 0 Å². The minimum absolute atomic E-state index is 0.0206. The van der Waals surface area contributed by atoms with E-state index in [9.17, 15) is 5.11 Å². The molecule has 0 unspecified atom stereocenters. The highest BCUT2D eigenvalue weighted by molar-refractivity contribution is 5.13. The van der Waals surface area contributed by atoms with Crippen molar-refractivity contribution in [3.63, 3.8) is 0 Å². The molecule has 20 heavy (non-hydrogen) atoms. The van der Waals surface area contributed by atoms with Gasteiger partial charge < -0.3 is 9.84 Å². The molecule has 5 fully saturated rings. The summed E-state index contributed by atoms with van der Waals surface area (Å²) in [6, 6.07) is 0. The summed E-state index contributed by atoms with van der Waals surface area (Å²) in [6.45, 7) is 6.55. The number of aliphatic hydroxyl groups is 1. The number of fused-ring (bicyclic) bond motifs is 2. The molecule has 5 aliphatic rings. The van der Waals surface area contributed by atoms with Crippen molar-refractivity contribution in [1.82, 2.24) is 0 Å². The molecule has 1 spiro atoms. The van der Waals surface area contributed by atoms with Crippen molar-refractivity contribution < 1.29 is 19.6 Å². The van der Waals surface area contributed by atoms with Crippen LogP contribution in [0.2, 0.25) is 0 Å². The maximum atomic E-state index is 10.3. The molecule has 0 radical (unpaired) electrons. The van der Waals surface area contributed by atoms with E-state index >= 15 is 0 Å². The second-order valence-electron chi connectivity index (χ2n) is 7.85. The van der Waals surface area contributed by atoms with Gasteiger partial charge in [-0.25, -0.2) is 9.78 Å². The Hall–Kier alpha value is -0.160.